The number of alkyl halides is 2. The molecule has 13 nitrogen and oxygen atoms in total. The predicted molar refractivity (Wildman–Crippen MR) is 161 cm³/mol. The highest BCUT2D eigenvalue weighted by atomic mass is 19.3. The summed E-state index contributed by atoms with van der Waals surface area (Å²) < 4.78 is 70.5. The molecular formula is C31H33F4N5O8. The number of nitrogens with zero attached hydrogens (tertiary/aromatic N) is 3. The number of halogens is 4. The maximum Gasteiger partial charge on any atom is 0.387 e. The second kappa shape index (κ2) is 15.2. The molecule has 0 radical (unpaired) electrons. The Hall–Kier alpha value is -4.39. The predicted octanol–water partition coefficient (Wildman–Crippen LogP) is 2.52. The summed E-state index contributed by atoms with van der Waals surface area (Å²) in [4.78, 5) is 21.5. The van der Waals surface area contributed by atoms with Crippen LogP contribution in [0.15, 0.2) is 48.9 Å². The van der Waals surface area contributed by atoms with Gasteiger partial charge >= 0.3 is 6.61 Å². The Labute approximate surface area is 270 Å². The Morgan fingerprint density at radius 1 is 1.08 bits per heavy atom. The number of aromatic nitrogens is 3. The quantitative estimate of drug-likeness (QED) is 0.0904. The first kappa shape index (κ1) is 34.9. The molecular weight excluding hydrogens is 646 g/mol. The van der Waals surface area contributed by atoms with E-state index in [1.807, 2.05) is 6.92 Å². The summed E-state index contributed by atoms with van der Waals surface area (Å²) in [5.74, 6) is -3.95. The number of carbonyl (C=O) groups is 1. The minimum Gasteiger partial charge on any atom is -0.432 e. The van der Waals surface area contributed by atoms with Crippen molar-refractivity contribution in [2.75, 3.05) is 25.1 Å². The van der Waals surface area contributed by atoms with Crippen molar-refractivity contribution < 1.29 is 57.0 Å². The number of anilines is 2. The Morgan fingerprint density at radius 3 is 2.60 bits per heavy atom. The summed E-state index contributed by atoms with van der Waals surface area (Å²) in [5.41, 5.74) is 1.84. The third-order valence-corrected chi connectivity index (χ3v) is 7.70. The van der Waals surface area contributed by atoms with Crippen LogP contribution in [0.1, 0.15) is 29.3 Å². The van der Waals surface area contributed by atoms with Crippen LogP contribution in [0.2, 0.25) is 0 Å². The maximum atomic E-state index is 14.8. The number of amides is 1. The van der Waals surface area contributed by atoms with E-state index >= 15 is 0 Å². The van der Waals surface area contributed by atoms with E-state index < -0.39 is 61.3 Å². The van der Waals surface area contributed by atoms with Crippen LogP contribution < -0.4 is 15.4 Å². The van der Waals surface area contributed by atoms with Gasteiger partial charge < -0.3 is 45.3 Å². The highest BCUT2D eigenvalue weighted by Crippen LogP contribution is 2.32. The second-order valence-corrected chi connectivity index (χ2v) is 10.8. The van der Waals surface area contributed by atoms with Crippen LogP contribution in [0.5, 0.6) is 5.75 Å². The van der Waals surface area contributed by atoms with Crippen LogP contribution in [0.25, 0.3) is 16.9 Å². The number of ether oxygens (including phenoxy) is 3. The molecule has 0 spiro atoms. The normalized spacial score (nSPS) is 21.1. The maximum absolute atomic E-state index is 14.8. The van der Waals surface area contributed by atoms with Gasteiger partial charge in [0.05, 0.1) is 25.1 Å². The van der Waals surface area contributed by atoms with E-state index in [2.05, 4.69) is 25.3 Å². The molecule has 0 saturated carbocycles. The summed E-state index contributed by atoms with van der Waals surface area (Å²) in [6, 6.07) is 7.05. The molecule has 6 N–H and O–H groups in total. The number of hydrogen-bond donors (Lipinski definition) is 6. The number of aliphatic hydroxyl groups is 4. The molecule has 5 atom stereocenters. The molecule has 5 rings (SSSR count). The SMILES string of the molecule is CCc1cc(Nc2nccn3c(-c4ccc(OC(F)F)c(F)c4F)cnc23)ccc1C(=O)NCCCO[C@@H]1O[C@H](CO)[C@@H](O)[C@H](O)[C@H]1O. The van der Waals surface area contributed by atoms with Gasteiger partial charge in [0, 0.05) is 35.8 Å². The minimum absolute atomic E-state index is 0.0422. The number of benzene rings is 2. The lowest BCUT2D eigenvalue weighted by atomic mass is 9.99. The number of imidazole rings is 1. The number of fused-ring (bicyclic) bond motifs is 1. The Balaban J connectivity index is 1.22. The molecule has 0 unspecified atom stereocenters. The summed E-state index contributed by atoms with van der Waals surface area (Å²) in [6.45, 7) is -1.77. The molecule has 48 heavy (non-hydrogen) atoms. The number of aliphatic hydroxyl groups excluding tert-OH is 4. The molecule has 2 aromatic carbocycles. The molecule has 1 aliphatic rings. The van der Waals surface area contributed by atoms with Crippen LogP contribution in [0.3, 0.4) is 0 Å². The summed E-state index contributed by atoms with van der Waals surface area (Å²) in [6.07, 6.45) is -1.91. The van der Waals surface area contributed by atoms with Gasteiger partial charge in [0.1, 0.15) is 24.4 Å². The van der Waals surface area contributed by atoms with E-state index in [1.165, 1.54) is 23.0 Å². The Bertz CT molecular complexity index is 1740. The van der Waals surface area contributed by atoms with Crippen LogP contribution in [0.4, 0.5) is 29.1 Å². The molecule has 1 saturated heterocycles. The van der Waals surface area contributed by atoms with E-state index in [0.29, 0.717) is 29.7 Å². The summed E-state index contributed by atoms with van der Waals surface area (Å²) in [5, 5.41) is 45.0. The second-order valence-electron chi connectivity index (χ2n) is 10.8. The zero-order valence-corrected chi connectivity index (χ0v) is 25.4. The molecule has 1 amide bonds. The van der Waals surface area contributed by atoms with Crippen molar-refractivity contribution >= 4 is 23.1 Å². The van der Waals surface area contributed by atoms with Gasteiger partial charge in [0.15, 0.2) is 29.3 Å². The van der Waals surface area contributed by atoms with E-state index in [9.17, 15) is 42.8 Å². The average Bonchev–Trinajstić information content (AvgIpc) is 3.51. The fraction of sp³-hybridized carbons (Fsp3) is 0.387. The molecule has 1 aliphatic heterocycles. The Kier molecular flexibility index (Phi) is 11.1. The van der Waals surface area contributed by atoms with Crippen molar-refractivity contribution in [3.05, 3.63) is 71.7 Å². The van der Waals surface area contributed by atoms with Crippen molar-refractivity contribution in [3.63, 3.8) is 0 Å². The minimum atomic E-state index is -3.32. The van der Waals surface area contributed by atoms with Crippen LogP contribution in [-0.4, -0.2) is 97.8 Å². The van der Waals surface area contributed by atoms with Crippen molar-refractivity contribution in [1.82, 2.24) is 19.7 Å². The van der Waals surface area contributed by atoms with Gasteiger partial charge in [-0.1, -0.05) is 6.92 Å². The van der Waals surface area contributed by atoms with Gasteiger partial charge in [-0.3, -0.25) is 9.20 Å². The fourth-order valence-electron chi connectivity index (χ4n) is 5.22. The topological polar surface area (TPSA) is 180 Å². The highest BCUT2D eigenvalue weighted by Gasteiger charge is 2.43. The van der Waals surface area contributed by atoms with Crippen molar-refractivity contribution in [2.45, 2.75) is 57.1 Å². The number of carbonyl (C=O) groups excluding carboxylic acids is 1. The molecule has 0 bridgehead atoms. The van der Waals surface area contributed by atoms with E-state index in [4.69, 9.17) is 9.47 Å². The van der Waals surface area contributed by atoms with Crippen molar-refractivity contribution in [1.29, 1.82) is 0 Å². The number of hydrogen-bond acceptors (Lipinski definition) is 11. The molecule has 0 aliphatic carbocycles. The molecule has 17 heteroatoms. The lowest BCUT2D eigenvalue weighted by Gasteiger charge is -2.39. The summed E-state index contributed by atoms with van der Waals surface area (Å²) in [7, 11) is 0. The van der Waals surface area contributed by atoms with Crippen molar-refractivity contribution in [3.8, 4) is 17.0 Å². The molecule has 3 heterocycles. The first-order valence-corrected chi connectivity index (χ1v) is 14.9. The zero-order valence-electron chi connectivity index (χ0n) is 25.4. The third kappa shape index (κ3) is 7.35. The number of aryl methyl sites for hydroxylation is 1. The standard InChI is InChI=1S/C31H33F4N5O8/c1-2-15-12-16(4-5-17(15)29(45)37-8-3-11-46-30-26(44)25(43)24(42)21(14-41)47-30)39-27-28-38-13-19(40(28)10-9-36-27)18-6-7-20(48-31(34)35)23(33)22(18)32/h4-7,9-10,12-13,21,24-26,30-31,41-44H,2-3,8,11,14H2,1H3,(H,36,39)(H,37,45)/t21-,24-,25+,26-,30-/m1/s1. The lowest BCUT2D eigenvalue weighted by Crippen LogP contribution is -2.59. The number of rotatable bonds is 13. The van der Waals surface area contributed by atoms with Gasteiger partial charge in [-0.15, -0.1) is 0 Å². The largest absolute Gasteiger partial charge is 0.432 e. The molecule has 4 aromatic rings. The van der Waals surface area contributed by atoms with Gasteiger partial charge in [0.25, 0.3) is 5.91 Å². The molecule has 258 valence electrons. The first-order valence-electron chi connectivity index (χ1n) is 14.9. The zero-order chi connectivity index (χ0) is 34.5. The third-order valence-electron chi connectivity index (χ3n) is 7.70. The van der Waals surface area contributed by atoms with Gasteiger partial charge in [-0.2, -0.15) is 13.2 Å². The van der Waals surface area contributed by atoms with E-state index in [0.717, 1.165) is 12.1 Å². The fourth-order valence-corrected chi connectivity index (χ4v) is 5.22. The highest BCUT2D eigenvalue weighted by molar-refractivity contribution is 5.96. The van der Waals surface area contributed by atoms with Crippen LogP contribution in [-0.2, 0) is 15.9 Å². The Morgan fingerprint density at radius 2 is 1.88 bits per heavy atom. The van der Waals surface area contributed by atoms with E-state index in [1.54, 1.807) is 18.2 Å². The van der Waals surface area contributed by atoms with Crippen LogP contribution >= 0.6 is 0 Å². The van der Waals surface area contributed by atoms with Gasteiger partial charge in [0.2, 0.25) is 5.82 Å². The summed E-state index contributed by atoms with van der Waals surface area (Å²) >= 11 is 0. The number of nitrogens with one attached hydrogen (secondary N) is 2. The van der Waals surface area contributed by atoms with Crippen LogP contribution in [0, 0.1) is 11.6 Å². The monoisotopic (exact) mass is 679 g/mol. The smallest absolute Gasteiger partial charge is 0.387 e. The molecule has 2 aromatic heterocycles. The van der Waals surface area contributed by atoms with Crippen molar-refractivity contribution in [2.24, 2.45) is 0 Å². The van der Waals surface area contributed by atoms with E-state index in [-0.39, 0.29) is 41.8 Å². The van der Waals surface area contributed by atoms with Gasteiger partial charge in [-0.25, -0.2) is 14.4 Å². The van der Waals surface area contributed by atoms with Gasteiger partial charge in [-0.05, 0) is 48.7 Å². The average molecular weight is 680 g/mol. The first-order chi connectivity index (χ1) is 23.0. The molecule has 1 fully saturated rings. The lowest BCUT2D eigenvalue weighted by molar-refractivity contribution is -0.301.